The molecule has 16 heteroatoms. The topological polar surface area (TPSA) is 150 Å². The summed E-state index contributed by atoms with van der Waals surface area (Å²) in [6.45, 7) is 7.32. The summed E-state index contributed by atoms with van der Waals surface area (Å²) in [4.78, 5) is 54.9. The van der Waals surface area contributed by atoms with Crippen LogP contribution in [0.3, 0.4) is 0 Å². The van der Waals surface area contributed by atoms with Crippen LogP contribution in [0, 0.1) is 0 Å². The maximum absolute atomic E-state index is 12.8. The molecule has 0 radical (unpaired) electrons. The van der Waals surface area contributed by atoms with E-state index in [2.05, 4.69) is 16.0 Å². The maximum atomic E-state index is 12.8. The summed E-state index contributed by atoms with van der Waals surface area (Å²) in [5.41, 5.74) is 0. The third-order valence-corrected chi connectivity index (χ3v) is 10.7. The normalized spacial score (nSPS) is 16.8. The molecule has 2 aliphatic heterocycles. The van der Waals surface area contributed by atoms with Crippen molar-refractivity contribution in [1.82, 2.24) is 25.8 Å². The minimum atomic E-state index is -1.07. The first kappa shape index (κ1) is 31.3. The fourth-order valence-corrected chi connectivity index (χ4v) is 8.42. The van der Waals surface area contributed by atoms with Crippen LogP contribution in [0.2, 0.25) is 0 Å². The molecule has 4 heterocycles. The average Bonchev–Trinajstić information content (AvgIpc) is 3.56. The molecule has 2 aromatic rings. The van der Waals surface area contributed by atoms with Gasteiger partial charge < -0.3 is 35.0 Å². The number of aliphatic hydroxyl groups is 1. The molecular formula is C24H35N5O7S4. The Kier molecular flexibility index (Phi) is 12.6. The Labute approximate surface area is 247 Å². The summed E-state index contributed by atoms with van der Waals surface area (Å²) in [6.07, 6.45) is 0.560. The number of amides is 2. The van der Waals surface area contributed by atoms with Gasteiger partial charge in [-0.15, -0.1) is 0 Å². The molecule has 0 aromatic carbocycles. The van der Waals surface area contributed by atoms with E-state index in [-0.39, 0.29) is 19.9 Å². The standard InChI is InChI=1S/C24H35N5O7S4/c30-20(18-19(40-24(34)39-18)22(32)29-9-13-36-14-10-29)27-6-2-4-25-3-1-5-26-15-16-17(38-23(33)37-16)21(31)28-7-11-35-12-8-28/h20,25-27,30H,1-15H2. The lowest BCUT2D eigenvalue weighted by molar-refractivity contribution is 0.0302. The zero-order chi connectivity index (χ0) is 28.3. The summed E-state index contributed by atoms with van der Waals surface area (Å²) in [5.74, 6) is -0.317. The molecule has 12 nitrogen and oxygen atoms in total. The number of hydrogen-bond acceptors (Lipinski definition) is 14. The Morgan fingerprint density at radius 2 is 1.27 bits per heavy atom. The largest absolute Gasteiger partial charge is 0.378 e. The monoisotopic (exact) mass is 633 g/mol. The number of rotatable bonds is 14. The molecule has 0 saturated carbocycles. The molecule has 1 atom stereocenters. The lowest BCUT2D eigenvalue weighted by Gasteiger charge is -2.26. The van der Waals surface area contributed by atoms with Gasteiger partial charge >= 0.3 is 0 Å². The molecule has 0 spiro atoms. The first-order valence-electron chi connectivity index (χ1n) is 13.3. The molecule has 2 aromatic heterocycles. The second kappa shape index (κ2) is 16.1. The second-order valence-corrected chi connectivity index (χ2v) is 13.7. The Bertz CT molecular complexity index is 1220. The van der Waals surface area contributed by atoms with Crippen LogP contribution in [0.1, 0.15) is 48.2 Å². The van der Waals surface area contributed by atoms with Crippen LogP contribution in [0.15, 0.2) is 9.59 Å². The van der Waals surface area contributed by atoms with E-state index in [0.29, 0.717) is 80.3 Å². The van der Waals surface area contributed by atoms with Gasteiger partial charge in [-0.3, -0.25) is 24.5 Å². The first-order valence-corrected chi connectivity index (χ1v) is 16.5. The van der Waals surface area contributed by atoms with Crippen LogP contribution in [-0.2, 0) is 16.0 Å². The molecule has 4 rings (SSSR count). The molecule has 2 fully saturated rings. The first-order chi connectivity index (χ1) is 19.4. The van der Waals surface area contributed by atoms with E-state index in [1.807, 2.05) is 0 Å². The van der Waals surface area contributed by atoms with Gasteiger partial charge in [-0.25, -0.2) is 0 Å². The van der Waals surface area contributed by atoms with Gasteiger partial charge in [0.25, 0.3) is 19.9 Å². The summed E-state index contributed by atoms with van der Waals surface area (Å²) in [7, 11) is 0. The van der Waals surface area contributed by atoms with E-state index in [0.717, 1.165) is 82.7 Å². The van der Waals surface area contributed by atoms with Crippen LogP contribution >= 0.6 is 45.3 Å². The van der Waals surface area contributed by atoms with Crippen molar-refractivity contribution in [2.24, 2.45) is 0 Å². The minimum Gasteiger partial charge on any atom is -0.378 e. The third kappa shape index (κ3) is 8.95. The number of ether oxygens (including phenoxy) is 2. The van der Waals surface area contributed by atoms with Crippen molar-refractivity contribution in [2.45, 2.75) is 25.6 Å². The van der Waals surface area contributed by atoms with E-state index >= 15 is 0 Å². The number of morpholine rings is 2. The van der Waals surface area contributed by atoms with Crippen LogP contribution in [-0.4, -0.2) is 106 Å². The number of hydrogen-bond donors (Lipinski definition) is 4. The minimum absolute atomic E-state index is 0.0677. The zero-order valence-corrected chi connectivity index (χ0v) is 25.4. The van der Waals surface area contributed by atoms with E-state index in [4.69, 9.17) is 9.47 Å². The number of nitrogens with one attached hydrogen (secondary N) is 3. The second-order valence-electron chi connectivity index (χ2n) is 9.15. The molecule has 4 N–H and O–H groups in total. The summed E-state index contributed by atoms with van der Waals surface area (Å²) >= 11 is 3.95. The molecule has 2 saturated heterocycles. The summed E-state index contributed by atoms with van der Waals surface area (Å²) in [6, 6.07) is 0. The molecule has 0 bridgehead atoms. The van der Waals surface area contributed by atoms with Crippen molar-refractivity contribution in [1.29, 1.82) is 0 Å². The van der Waals surface area contributed by atoms with E-state index in [9.17, 15) is 24.3 Å². The van der Waals surface area contributed by atoms with Gasteiger partial charge in [0.15, 0.2) is 0 Å². The quantitative estimate of drug-likeness (QED) is 0.170. The molecule has 222 valence electrons. The maximum Gasteiger partial charge on any atom is 0.288 e. The van der Waals surface area contributed by atoms with Gasteiger partial charge in [0.2, 0.25) is 0 Å². The molecule has 1 unspecified atom stereocenters. The van der Waals surface area contributed by atoms with Gasteiger partial charge in [0, 0.05) is 37.6 Å². The Hall–Kier alpha value is -1.60. The van der Waals surface area contributed by atoms with Crippen molar-refractivity contribution >= 4 is 57.2 Å². The predicted molar refractivity (Wildman–Crippen MR) is 157 cm³/mol. The fourth-order valence-electron chi connectivity index (χ4n) is 4.24. The molecule has 40 heavy (non-hydrogen) atoms. The lowest BCUT2D eigenvalue weighted by Crippen LogP contribution is -2.41. The van der Waals surface area contributed by atoms with Gasteiger partial charge in [0.05, 0.1) is 31.3 Å². The fraction of sp³-hybridized carbons (Fsp3) is 0.667. The van der Waals surface area contributed by atoms with Crippen molar-refractivity contribution in [3.63, 3.8) is 0 Å². The van der Waals surface area contributed by atoms with Crippen LogP contribution in [0.5, 0.6) is 0 Å². The highest BCUT2D eigenvalue weighted by Crippen LogP contribution is 2.25. The number of carbonyl (C=O) groups excluding carboxylic acids is 2. The van der Waals surface area contributed by atoms with E-state index in [1.54, 1.807) is 9.80 Å². The van der Waals surface area contributed by atoms with E-state index in [1.165, 1.54) is 0 Å². The SMILES string of the molecule is O=C(c1sc(=O)sc1CNCCCNCCCNC(O)c1sc(=O)sc1C(=O)N1CCOCC1)N1CCOCC1. The number of nitrogens with zero attached hydrogens (tertiary/aromatic N) is 2. The number of carbonyl (C=O) groups is 2. The van der Waals surface area contributed by atoms with Crippen molar-refractivity contribution in [3.05, 3.63) is 37.2 Å². The van der Waals surface area contributed by atoms with Gasteiger partial charge in [-0.2, -0.15) is 0 Å². The lowest BCUT2D eigenvalue weighted by atomic mass is 10.3. The highest BCUT2D eigenvalue weighted by Gasteiger charge is 2.27. The highest BCUT2D eigenvalue weighted by molar-refractivity contribution is 7.29. The average molecular weight is 634 g/mol. The number of aliphatic hydroxyl groups excluding tert-OH is 1. The van der Waals surface area contributed by atoms with Crippen LogP contribution in [0.4, 0.5) is 0 Å². The Morgan fingerprint density at radius 3 is 1.93 bits per heavy atom. The molecular weight excluding hydrogens is 599 g/mol. The van der Waals surface area contributed by atoms with Crippen molar-refractivity contribution in [2.75, 3.05) is 78.8 Å². The molecule has 2 aliphatic rings. The van der Waals surface area contributed by atoms with Crippen molar-refractivity contribution in [3.8, 4) is 0 Å². The summed E-state index contributed by atoms with van der Waals surface area (Å²) in [5, 5.41) is 20.3. The summed E-state index contributed by atoms with van der Waals surface area (Å²) < 4.78 is 10.3. The van der Waals surface area contributed by atoms with Gasteiger partial charge in [-0.1, -0.05) is 45.3 Å². The third-order valence-electron chi connectivity index (χ3n) is 6.34. The molecule has 2 amide bonds. The smallest absolute Gasteiger partial charge is 0.288 e. The Morgan fingerprint density at radius 1 is 0.750 bits per heavy atom. The van der Waals surface area contributed by atoms with Crippen molar-refractivity contribution < 1.29 is 24.2 Å². The predicted octanol–water partition coefficient (Wildman–Crippen LogP) is 0.338. The highest BCUT2D eigenvalue weighted by atomic mass is 32.2. The van der Waals surface area contributed by atoms with Crippen LogP contribution < -0.4 is 24.1 Å². The van der Waals surface area contributed by atoms with Crippen LogP contribution in [0.25, 0.3) is 0 Å². The zero-order valence-electron chi connectivity index (χ0n) is 22.1. The van der Waals surface area contributed by atoms with E-state index < -0.39 is 6.23 Å². The van der Waals surface area contributed by atoms with Gasteiger partial charge in [-0.05, 0) is 39.0 Å². The van der Waals surface area contributed by atoms with Gasteiger partial charge in [0.1, 0.15) is 16.0 Å². The molecule has 0 aliphatic carbocycles. The Balaban J connectivity index is 1.09.